The van der Waals surface area contributed by atoms with E-state index in [9.17, 15) is 0 Å². The highest BCUT2D eigenvalue weighted by molar-refractivity contribution is 6.74. The van der Waals surface area contributed by atoms with Crippen molar-refractivity contribution >= 4 is 8.24 Å². The zero-order valence-corrected chi connectivity index (χ0v) is 10.5. The minimum absolute atomic E-state index is 1.04. The Bertz CT molecular complexity index is 122. The van der Waals surface area contributed by atoms with E-state index in [1.165, 1.54) is 19.0 Å². The van der Waals surface area contributed by atoms with Gasteiger partial charge in [-0.1, -0.05) is 13.1 Å². The van der Waals surface area contributed by atoms with Gasteiger partial charge in [-0.15, -0.1) is 0 Å². The number of hydrogen-bond acceptors (Lipinski definition) is 2. The van der Waals surface area contributed by atoms with Crippen LogP contribution in [-0.2, 0) is 0 Å². The summed E-state index contributed by atoms with van der Waals surface area (Å²) in [6.07, 6.45) is 1.34. The summed E-state index contributed by atoms with van der Waals surface area (Å²) in [5.74, 6) is 0. The summed E-state index contributed by atoms with van der Waals surface area (Å²) in [7, 11) is 7.67. The highest BCUT2D eigenvalue weighted by Gasteiger charge is 2.22. The first-order valence-electron chi connectivity index (χ1n) is 4.68. The molecule has 0 fully saturated rings. The van der Waals surface area contributed by atoms with E-state index in [0.29, 0.717) is 0 Å². The quantitative estimate of drug-likeness (QED) is 0.606. The Kier molecular flexibility index (Phi) is 5.05. The average molecular weight is 188 g/mol. The molecule has 0 aliphatic rings. The van der Waals surface area contributed by atoms with Gasteiger partial charge in [-0.25, -0.2) is 0 Å². The minimum Gasteiger partial charge on any atom is -0.329 e. The van der Waals surface area contributed by atoms with Gasteiger partial charge in [0.2, 0.25) is 0 Å². The van der Waals surface area contributed by atoms with Crippen LogP contribution in [0.25, 0.3) is 0 Å². The fraction of sp³-hybridized carbons (Fsp3) is 1.00. The van der Waals surface area contributed by atoms with Gasteiger partial charge in [0.05, 0.1) is 0 Å². The largest absolute Gasteiger partial charge is 0.329 e. The van der Waals surface area contributed by atoms with Crippen LogP contribution in [0.15, 0.2) is 0 Å². The van der Waals surface area contributed by atoms with Crippen LogP contribution in [0.1, 0.15) is 6.42 Å². The Balaban J connectivity index is 3.61. The average Bonchev–Trinajstić information content (AvgIpc) is 1.85. The maximum Gasteiger partial charge on any atom is 0.121 e. The molecule has 0 aliphatic carbocycles. The molecule has 0 heterocycles. The molecule has 0 atom stereocenters. The van der Waals surface area contributed by atoms with Crippen molar-refractivity contribution in [2.45, 2.75) is 25.6 Å². The molecule has 0 saturated heterocycles. The summed E-state index contributed by atoms with van der Waals surface area (Å²) in [6, 6.07) is 1.40. The molecule has 0 saturated carbocycles. The molecule has 0 amide bonds. The van der Waals surface area contributed by atoms with Crippen molar-refractivity contribution in [3.63, 3.8) is 0 Å². The zero-order chi connectivity index (χ0) is 9.78. The molecular weight excluding hydrogens is 164 g/mol. The van der Waals surface area contributed by atoms with Crippen LogP contribution in [0, 0.1) is 0 Å². The SMILES string of the molecule is CN(C)CCC[Si](C)(C)N(C)C. The van der Waals surface area contributed by atoms with Crippen LogP contribution in [0.3, 0.4) is 0 Å². The minimum atomic E-state index is -1.04. The Morgan fingerprint density at radius 3 is 1.83 bits per heavy atom. The van der Waals surface area contributed by atoms with Gasteiger partial charge >= 0.3 is 0 Å². The van der Waals surface area contributed by atoms with Crippen molar-refractivity contribution in [2.24, 2.45) is 0 Å². The first-order chi connectivity index (χ1) is 5.36. The van der Waals surface area contributed by atoms with Crippen LogP contribution in [0.2, 0.25) is 19.1 Å². The van der Waals surface area contributed by atoms with Gasteiger partial charge in [-0.3, -0.25) is 0 Å². The summed E-state index contributed by atoms with van der Waals surface area (Å²) in [5, 5.41) is 0. The summed E-state index contributed by atoms with van der Waals surface area (Å²) in [5.41, 5.74) is 0. The molecule has 0 bridgehead atoms. The summed E-state index contributed by atoms with van der Waals surface area (Å²) in [6.45, 7) is 6.09. The number of nitrogens with zero attached hydrogens (tertiary/aromatic N) is 2. The molecule has 74 valence electrons. The lowest BCUT2D eigenvalue weighted by molar-refractivity contribution is 0.405. The van der Waals surface area contributed by atoms with Gasteiger partial charge in [-0.05, 0) is 47.2 Å². The Hall–Kier alpha value is 0.137. The van der Waals surface area contributed by atoms with Gasteiger partial charge in [0.15, 0.2) is 0 Å². The van der Waals surface area contributed by atoms with Crippen LogP contribution in [0.5, 0.6) is 0 Å². The van der Waals surface area contributed by atoms with Crippen molar-refractivity contribution < 1.29 is 0 Å². The Morgan fingerprint density at radius 1 is 1.00 bits per heavy atom. The lowest BCUT2D eigenvalue weighted by atomic mass is 10.5. The van der Waals surface area contributed by atoms with Crippen LogP contribution in [-0.4, -0.2) is 52.4 Å². The predicted octanol–water partition coefficient (Wildman–Crippen LogP) is 1.70. The third-order valence-corrected chi connectivity index (χ3v) is 6.60. The maximum atomic E-state index is 2.43. The van der Waals surface area contributed by atoms with E-state index < -0.39 is 8.24 Å². The highest BCUT2D eigenvalue weighted by atomic mass is 28.3. The molecule has 2 nitrogen and oxygen atoms in total. The predicted molar refractivity (Wildman–Crippen MR) is 59.1 cm³/mol. The molecule has 0 radical (unpaired) electrons. The monoisotopic (exact) mass is 188 g/mol. The lowest BCUT2D eigenvalue weighted by Crippen LogP contribution is -2.43. The third-order valence-electron chi connectivity index (χ3n) is 2.60. The molecule has 0 unspecified atom stereocenters. The topological polar surface area (TPSA) is 6.48 Å². The van der Waals surface area contributed by atoms with Crippen molar-refractivity contribution in [2.75, 3.05) is 34.7 Å². The smallest absolute Gasteiger partial charge is 0.121 e. The summed E-state index contributed by atoms with van der Waals surface area (Å²) >= 11 is 0. The molecule has 0 rings (SSSR count). The summed E-state index contributed by atoms with van der Waals surface area (Å²) in [4.78, 5) is 2.26. The van der Waals surface area contributed by atoms with Crippen molar-refractivity contribution in [3.8, 4) is 0 Å². The molecule has 0 aromatic heterocycles. The van der Waals surface area contributed by atoms with E-state index in [0.717, 1.165) is 0 Å². The fourth-order valence-corrected chi connectivity index (χ4v) is 2.52. The normalized spacial score (nSPS) is 13.0. The van der Waals surface area contributed by atoms with Gasteiger partial charge in [0, 0.05) is 0 Å². The lowest BCUT2D eigenvalue weighted by Gasteiger charge is -2.30. The van der Waals surface area contributed by atoms with E-state index in [-0.39, 0.29) is 0 Å². The van der Waals surface area contributed by atoms with Crippen LogP contribution < -0.4 is 0 Å². The van der Waals surface area contributed by atoms with Crippen LogP contribution in [0.4, 0.5) is 0 Å². The number of hydrogen-bond donors (Lipinski definition) is 0. The third kappa shape index (κ3) is 4.90. The van der Waals surface area contributed by atoms with Crippen LogP contribution >= 0.6 is 0 Å². The summed E-state index contributed by atoms with van der Waals surface area (Å²) < 4.78 is 2.43. The van der Waals surface area contributed by atoms with E-state index in [1.807, 2.05) is 0 Å². The molecule has 3 heteroatoms. The fourth-order valence-electron chi connectivity index (χ4n) is 1.05. The molecule has 12 heavy (non-hydrogen) atoms. The number of rotatable bonds is 5. The van der Waals surface area contributed by atoms with E-state index in [4.69, 9.17) is 0 Å². The first-order valence-corrected chi connectivity index (χ1v) is 7.84. The van der Waals surface area contributed by atoms with E-state index in [2.05, 4.69) is 50.8 Å². The molecule has 0 spiro atoms. The first kappa shape index (κ1) is 12.1. The Morgan fingerprint density at radius 2 is 1.50 bits per heavy atom. The second kappa shape index (κ2) is 4.99. The molecule has 0 aromatic rings. The second-order valence-corrected chi connectivity index (χ2v) is 9.63. The van der Waals surface area contributed by atoms with Gasteiger partial charge < -0.3 is 9.47 Å². The van der Waals surface area contributed by atoms with Gasteiger partial charge in [0.25, 0.3) is 0 Å². The van der Waals surface area contributed by atoms with Crippen molar-refractivity contribution in [1.29, 1.82) is 0 Å². The van der Waals surface area contributed by atoms with Gasteiger partial charge in [0.1, 0.15) is 8.24 Å². The van der Waals surface area contributed by atoms with Crippen molar-refractivity contribution in [1.82, 2.24) is 9.47 Å². The molecule has 0 aromatic carbocycles. The van der Waals surface area contributed by atoms with Crippen molar-refractivity contribution in [3.05, 3.63) is 0 Å². The van der Waals surface area contributed by atoms with Gasteiger partial charge in [-0.2, -0.15) is 0 Å². The standard InChI is InChI=1S/C9H24N2Si/c1-10(2)8-7-9-12(5,6)11(3)4/h7-9H2,1-6H3. The van der Waals surface area contributed by atoms with E-state index in [1.54, 1.807) is 0 Å². The maximum absolute atomic E-state index is 2.43. The second-order valence-electron chi connectivity index (χ2n) is 4.61. The highest BCUT2D eigenvalue weighted by Crippen LogP contribution is 2.13. The molecular formula is C9H24N2Si. The van der Waals surface area contributed by atoms with E-state index >= 15 is 0 Å². The molecule has 0 aliphatic heterocycles. The zero-order valence-electron chi connectivity index (χ0n) is 9.52. The Labute approximate surface area is 78.6 Å². The molecule has 0 N–H and O–H groups in total.